The van der Waals surface area contributed by atoms with Gasteiger partial charge in [-0.2, -0.15) is 0 Å². The van der Waals surface area contributed by atoms with Gasteiger partial charge in [-0.1, -0.05) is 5.16 Å². The van der Waals surface area contributed by atoms with Gasteiger partial charge >= 0.3 is 12.1 Å². The number of aromatic nitrogens is 1. The van der Waals surface area contributed by atoms with Crippen LogP contribution in [0.15, 0.2) is 21.8 Å². The monoisotopic (exact) mass is 527 g/mol. The number of carbonyl (C=O) groups excluding carboxylic acids is 4. The molecule has 15 heteroatoms. The Hall–Kier alpha value is -3.33. The van der Waals surface area contributed by atoms with Crippen LogP contribution in [0.3, 0.4) is 0 Å². The maximum Gasteiger partial charge on any atom is 0.511 e. The number of ether oxygens (including phenoxy) is 3. The summed E-state index contributed by atoms with van der Waals surface area (Å²) in [5, 5.41) is 7.55. The summed E-state index contributed by atoms with van der Waals surface area (Å²) < 4.78 is 14.9. The molecule has 3 N–H and O–H groups in total. The maximum atomic E-state index is 12.9. The van der Waals surface area contributed by atoms with Crippen molar-refractivity contribution in [1.29, 1.82) is 0 Å². The van der Waals surface area contributed by atoms with E-state index in [4.69, 9.17) is 24.8 Å². The highest BCUT2D eigenvalue weighted by Crippen LogP contribution is 2.40. The fraction of sp³-hybridized carbons (Fsp3) is 0.500. The Morgan fingerprint density at radius 3 is 2.57 bits per heavy atom. The first kappa shape index (κ1) is 26.3. The van der Waals surface area contributed by atoms with Gasteiger partial charge in [0.2, 0.25) is 6.29 Å². The first-order valence-electron chi connectivity index (χ1n) is 10.4. The van der Waals surface area contributed by atoms with Gasteiger partial charge in [0.25, 0.3) is 11.8 Å². The molecule has 0 spiro atoms. The van der Waals surface area contributed by atoms with Crippen LogP contribution in [-0.4, -0.2) is 76.2 Å². The maximum absolute atomic E-state index is 12.9. The Kier molecular flexibility index (Phi) is 8.22. The smallest absolute Gasteiger partial charge is 0.431 e. The summed E-state index contributed by atoms with van der Waals surface area (Å²) >= 11 is 2.49. The lowest BCUT2D eigenvalue weighted by Gasteiger charge is -2.49. The average molecular weight is 528 g/mol. The van der Waals surface area contributed by atoms with Gasteiger partial charge in [0.05, 0.1) is 6.10 Å². The number of nitrogens with two attached hydrogens (primary N) is 1. The number of oxime groups is 1. The summed E-state index contributed by atoms with van der Waals surface area (Å²) in [5.74, 6) is -1.62. The normalized spacial score (nSPS) is 20.6. The second-order valence-electron chi connectivity index (χ2n) is 7.69. The molecule has 3 rings (SSSR count). The number of amides is 2. The summed E-state index contributed by atoms with van der Waals surface area (Å²) in [5.41, 5.74) is 6.34. The minimum absolute atomic E-state index is 0.0370. The van der Waals surface area contributed by atoms with E-state index >= 15 is 0 Å². The number of hydrogen-bond donors (Lipinski definition) is 2. The van der Waals surface area contributed by atoms with E-state index in [9.17, 15) is 19.2 Å². The van der Waals surface area contributed by atoms with Crippen molar-refractivity contribution in [3.8, 4) is 0 Å². The van der Waals surface area contributed by atoms with E-state index in [1.165, 1.54) is 36.1 Å². The number of nitrogens with one attached hydrogen (secondary N) is 1. The van der Waals surface area contributed by atoms with Crippen LogP contribution in [0.5, 0.6) is 0 Å². The third kappa shape index (κ3) is 5.85. The molecule has 1 unspecified atom stereocenters. The van der Waals surface area contributed by atoms with Crippen molar-refractivity contribution in [2.75, 3.05) is 18.6 Å². The highest BCUT2D eigenvalue weighted by molar-refractivity contribution is 8.00. The van der Waals surface area contributed by atoms with Gasteiger partial charge in [0, 0.05) is 18.1 Å². The van der Waals surface area contributed by atoms with Crippen molar-refractivity contribution < 1.29 is 38.2 Å². The molecular formula is C20H25N5O8S2. The molecule has 3 atom stereocenters. The highest BCUT2D eigenvalue weighted by Gasteiger charge is 2.54. The summed E-state index contributed by atoms with van der Waals surface area (Å²) in [6.07, 6.45) is -2.63. The van der Waals surface area contributed by atoms with Crippen LogP contribution in [0.1, 0.15) is 33.4 Å². The molecule has 0 saturated carbocycles. The predicted octanol–water partition coefficient (Wildman–Crippen LogP) is 1.20. The summed E-state index contributed by atoms with van der Waals surface area (Å²) in [7, 11) is 1.27. The zero-order valence-corrected chi connectivity index (χ0v) is 21.2. The number of thioether (sulfide) groups is 1. The Bertz CT molecular complexity index is 1090. The summed E-state index contributed by atoms with van der Waals surface area (Å²) in [6.45, 7) is 6.33. The summed E-state index contributed by atoms with van der Waals surface area (Å²) in [4.78, 5) is 60.2. The SMILES string of the molecule is CON=C(C(=O)N[C@@H]1C(=O)N2C(C(=O)OC(C)OC(=O)OC(C)C)=C(C)CS[C@H]12)c1csc(N)n1. The molecule has 35 heavy (non-hydrogen) atoms. The van der Waals surface area contributed by atoms with Gasteiger partial charge in [0.15, 0.2) is 10.8 Å². The van der Waals surface area contributed by atoms with E-state index in [1.807, 2.05) is 0 Å². The number of rotatable bonds is 8. The van der Waals surface area contributed by atoms with Crippen molar-refractivity contribution in [3.05, 3.63) is 22.3 Å². The van der Waals surface area contributed by atoms with E-state index in [2.05, 4.69) is 15.5 Å². The molecule has 3 heterocycles. The number of nitrogen functional groups attached to an aromatic ring is 1. The van der Waals surface area contributed by atoms with Gasteiger partial charge in [-0.05, 0) is 26.3 Å². The van der Waals surface area contributed by atoms with Gasteiger partial charge in [0.1, 0.15) is 29.9 Å². The fourth-order valence-electron chi connectivity index (χ4n) is 3.25. The molecule has 1 fully saturated rings. The average Bonchev–Trinajstić information content (AvgIpc) is 3.20. The van der Waals surface area contributed by atoms with Crippen LogP contribution in [0.2, 0.25) is 0 Å². The molecule has 2 aliphatic heterocycles. The van der Waals surface area contributed by atoms with E-state index in [0.29, 0.717) is 11.3 Å². The number of esters is 1. The van der Waals surface area contributed by atoms with Crippen molar-refractivity contribution in [1.82, 2.24) is 15.2 Å². The number of hydrogen-bond acceptors (Lipinski definition) is 13. The topological polar surface area (TPSA) is 172 Å². The third-order valence-electron chi connectivity index (χ3n) is 4.67. The Balaban J connectivity index is 1.67. The second kappa shape index (κ2) is 10.9. The largest absolute Gasteiger partial charge is 0.511 e. The van der Waals surface area contributed by atoms with Crippen LogP contribution in [0, 0.1) is 0 Å². The van der Waals surface area contributed by atoms with Crippen molar-refractivity contribution in [3.63, 3.8) is 0 Å². The van der Waals surface area contributed by atoms with E-state index < -0.39 is 47.7 Å². The lowest BCUT2D eigenvalue weighted by molar-refractivity contribution is -0.169. The van der Waals surface area contributed by atoms with Crippen LogP contribution in [0.4, 0.5) is 9.93 Å². The van der Waals surface area contributed by atoms with Gasteiger partial charge < -0.3 is 30.1 Å². The quantitative estimate of drug-likeness (QED) is 0.164. The number of β-lactam (4-membered cyclic amide) rings is 1. The van der Waals surface area contributed by atoms with E-state index in [-0.39, 0.29) is 22.2 Å². The molecule has 1 saturated heterocycles. The first-order valence-corrected chi connectivity index (χ1v) is 12.3. The lowest BCUT2D eigenvalue weighted by atomic mass is 10.0. The van der Waals surface area contributed by atoms with Crippen molar-refractivity contribution >= 4 is 57.9 Å². The molecule has 1 aromatic rings. The number of nitrogens with zero attached hydrogens (tertiary/aromatic N) is 3. The molecular weight excluding hydrogens is 502 g/mol. The number of thiazole rings is 1. The molecule has 0 bridgehead atoms. The van der Waals surface area contributed by atoms with Gasteiger partial charge in [-0.15, -0.1) is 23.1 Å². The minimum Gasteiger partial charge on any atom is -0.431 e. The Morgan fingerprint density at radius 2 is 1.97 bits per heavy atom. The molecule has 190 valence electrons. The zero-order chi connectivity index (χ0) is 25.9. The molecule has 0 radical (unpaired) electrons. The van der Waals surface area contributed by atoms with Gasteiger partial charge in [-0.3, -0.25) is 14.5 Å². The standard InChI is InChI=1S/C20H25N5O8S2/c1-8(2)31-20(29)33-10(4)32-18(28)14-9(3)6-34-17-13(16(27)25(14)17)23-15(26)12(24-30-5)11-7-35-19(21)22-11/h7-8,10,13,17H,6H2,1-5H3,(H2,21,22)(H,23,26)/t10?,13-,17-/m1/s1. The zero-order valence-electron chi connectivity index (χ0n) is 19.6. The number of carbonyl (C=O) groups is 4. The Labute approximate surface area is 209 Å². The van der Waals surface area contributed by atoms with Crippen LogP contribution >= 0.6 is 23.1 Å². The van der Waals surface area contributed by atoms with Crippen LogP contribution in [0.25, 0.3) is 0 Å². The van der Waals surface area contributed by atoms with Gasteiger partial charge in [-0.25, -0.2) is 14.6 Å². The number of anilines is 1. The number of fused-ring (bicyclic) bond motifs is 1. The molecule has 1 aromatic heterocycles. The second-order valence-corrected chi connectivity index (χ2v) is 9.69. The molecule has 2 amide bonds. The van der Waals surface area contributed by atoms with Crippen molar-refractivity contribution in [2.45, 2.75) is 51.5 Å². The van der Waals surface area contributed by atoms with Crippen LogP contribution < -0.4 is 11.1 Å². The molecule has 0 aromatic carbocycles. The Morgan fingerprint density at radius 1 is 1.26 bits per heavy atom. The van der Waals surface area contributed by atoms with E-state index in [1.54, 1.807) is 20.8 Å². The molecule has 13 nitrogen and oxygen atoms in total. The predicted molar refractivity (Wildman–Crippen MR) is 126 cm³/mol. The first-order chi connectivity index (χ1) is 16.5. The minimum atomic E-state index is -1.24. The molecule has 2 aliphatic rings. The van der Waals surface area contributed by atoms with E-state index in [0.717, 1.165) is 11.3 Å². The third-order valence-corrected chi connectivity index (χ3v) is 6.77. The van der Waals surface area contributed by atoms with Crippen molar-refractivity contribution in [2.24, 2.45) is 5.16 Å². The molecule has 0 aliphatic carbocycles. The summed E-state index contributed by atoms with van der Waals surface area (Å²) in [6, 6.07) is -0.920. The lowest BCUT2D eigenvalue weighted by Crippen LogP contribution is -2.71. The van der Waals surface area contributed by atoms with Crippen LogP contribution in [-0.2, 0) is 33.4 Å². The fourth-order valence-corrected chi connectivity index (χ4v) is 5.09. The highest BCUT2D eigenvalue weighted by atomic mass is 32.2.